The first-order valence-electron chi connectivity index (χ1n) is 9.52. The van der Waals surface area contributed by atoms with Gasteiger partial charge in [0, 0.05) is 13.1 Å². The minimum Gasteiger partial charge on any atom is -0.393 e. The Bertz CT molecular complexity index is 332. The Labute approximate surface area is 131 Å². The van der Waals surface area contributed by atoms with E-state index in [0.29, 0.717) is 5.92 Å². The number of hydrogen-bond acceptors (Lipinski definition) is 2. The number of aliphatic hydroxyl groups is 1. The molecule has 122 valence electrons. The van der Waals surface area contributed by atoms with E-state index >= 15 is 0 Å². The molecule has 2 bridgehead atoms. The van der Waals surface area contributed by atoms with Gasteiger partial charge in [0.15, 0.2) is 0 Å². The molecule has 0 aromatic heterocycles. The minimum absolute atomic E-state index is 0.0411. The first kappa shape index (κ1) is 15.8. The van der Waals surface area contributed by atoms with Crippen molar-refractivity contribution in [1.82, 2.24) is 4.90 Å². The fourth-order valence-electron chi connectivity index (χ4n) is 5.69. The highest BCUT2D eigenvalue weighted by atomic mass is 16.3. The second-order valence-corrected chi connectivity index (χ2v) is 8.45. The number of fused-ring (bicyclic) bond motifs is 2. The summed E-state index contributed by atoms with van der Waals surface area (Å²) in [4.78, 5) is 2.55. The summed E-state index contributed by atoms with van der Waals surface area (Å²) in [5.41, 5.74) is 0. The topological polar surface area (TPSA) is 23.5 Å². The molecule has 0 radical (unpaired) electrons. The molecule has 0 aromatic carbocycles. The van der Waals surface area contributed by atoms with Crippen LogP contribution in [0.4, 0.5) is 0 Å². The summed E-state index contributed by atoms with van der Waals surface area (Å²) in [5.74, 6) is 4.45. The highest BCUT2D eigenvalue weighted by Gasteiger charge is 2.40. The zero-order valence-electron chi connectivity index (χ0n) is 14.1. The standard InChI is InChI=1S/C19H35NO/c1-3-4-14-6-8-19(21)18(9-14)13-20(2)12-17-11-15-5-7-16(17)10-15/h14-19,21H,3-13H2,1-2H3. The van der Waals surface area contributed by atoms with Crippen LogP contribution in [-0.4, -0.2) is 36.2 Å². The predicted molar refractivity (Wildman–Crippen MR) is 88.2 cm³/mol. The van der Waals surface area contributed by atoms with E-state index in [1.54, 1.807) is 0 Å². The molecule has 2 heteroatoms. The maximum atomic E-state index is 10.3. The molecule has 21 heavy (non-hydrogen) atoms. The molecule has 3 fully saturated rings. The van der Waals surface area contributed by atoms with Gasteiger partial charge in [-0.3, -0.25) is 0 Å². The third kappa shape index (κ3) is 3.82. The number of aliphatic hydroxyl groups excluding tert-OH is 1. The zero-order valence-corrected chi connectivity index (χ0v) is 14.1. The van der Waals surface area contributed by atoms with Gasteiger partial charge in [-0.05, 0) is 75.2 Å². The van der Waals surface area contributed by atoms with Gasteiger partial charge in [0.1, 0.15) is 0 Å². The highest BCUT2D eigenvalue weighted by Crippen LogP contribution is 2.48. The second kappa shape index (κ2) is 7.00. The molecule has 1 N–H and O–H groups in total. The fourth-order valence-corrected chi connectivity index (χ4v) is 5.69. The first-order chi connectivity index (χ1) is 10.2. The highest BCUT2D eigenvalue weighted by molar-refractivity contribution is 4.91. The Morgan fingerprint density at radius 3 is 2.43 bits per heavy atom. The van der Waals surface area contributed by atoms with Crippen molar-refractivity contribution in [3.63, 3.8) is 0 Å². The summed E-state index contributed by atoms with van der Waals surface area (Å²) < 4.78 is 0. The lowest BCUT2D eigenvalue weighted by molar-refractivity contribution is 0.0263. The summed E-state index contributed by atoms with van der Waals surface area (Å²) in [5, 5.41) is 10.3. The van der Waals surface area contributed by atoms with Crippen LogP contribution in [0.5, 0.6) is 0 Å². The maximum Gasteiger partial charge on any atom is 0.0580 e. The summed E-state index contributed by atoms with van der Waals surface area (Å²) in [6.07, 6.45) is 12.2. The van der Waals surface area contributed by atoms with E-state index in [1.807, 2.05) is 0 Å². The summed E-state index contributed by atoms with van der Waals surface area (Å²) in [6.45, 7) is 4.69. The van der Waals surface area contributed by atoms with Crippen LogP contribution >= 0.6 is 0 Å². The SMILES string of the molecule is CCCC1CCC(O)C(CN(C)CC2CC3CCC2C3)C1. The molecule has 6 atom stereocenters. The molecule has 0 aromatic rings. The maximum absolute atomic E-state index is 10.3. The van der Waals surface area contributed by atoms with Crippen molar-refractivity contribution in [3.05, 3.63) is 0 Å². The van der Waals surface area contributed by atoms with E-state index in [2.05, 4.69) is 18.9 Å². The van der Waals surface area contributed by atoms with Gasteiger partial charge in [-0.25, -0.2) is 0 Å². The van der Waals surface area contributed by atoms with Crippen LogP contribution in [-0.2, 0) is 0 Å². The van der Waals surface area contributed by atoms with Crippen LogP contribution in [0, 0.1) is 29.6 Å². The molecule has 0 spiro atoms. The zero-order chi connectivity index (χ0) is 14.8. The van der Waals surface area contributed by atoms with Gasteiger partial charge >= 0.3 is 0 Å². The van der Waals surface area contributed by atoms with Crippen molar-refractivity contribution in [2.75, 3.05) is 20.1 Å². The first-order valence-corrected chi connectivity index (χ1v) is 9.52. The lowest BCUT2D eigenvalue weighted by Crippen LogP contribution is -2.39. The van der Waals surface area contributed by atoms with Gasteiger partial charge in [0.25, 0.3) is 0 Å². The largest absolute Gasteiger partial charge is 0.393 e. The quantitative estimate of drug-likeness (QED) is 0.802. The van der Waals surface area contributed by atoms with E-state index < -0.39 is 0 Å². The summed E-state index contributed by atoms with van der Waals surface area (Å²) in [6, 6.07) is 0. The lowest BCUT2D eigenvalue weighted by Gasteiger charge is -2.37. The van der Waals surface area contributed by atoms with E-state index in [1.165, 1.54) is 57.9 Å². The van der Waals surface area contributed by atoms with Crippen molar-refractivity contribution >= 4 is 0 Å². The van der Waals surface area contributed by atoms with E-state index in [9.17, 15) is 5.11 Å². The third-order valence-electron chi connectivity index (χ3n) is 6.72. The van der Waals surface area contributed by atoms with Crippen LogP contribution in [0.25, 0.3) is 0 Å². The second-order valence-electron chi connectivity index (χ2n) is 8.45. The van der Waals surface area contributed by atoms with Crippen molar-refractivity contribution in [3.8, 4) is 0 Å². The Kier molecular flexibility index (Phi) is 5.27. The monoisotopic (exact) mass is 293 g/mol. The van der Waals surface area contributed by atoms with Crippen molar-refractivity contribution in [2.24, 2.45) is 29.6 Å². The molecule has 3 aliphatic rings. The molecule has 0 aliphatic heterocycles. The van der Waals surface area contributed by atoms with Crippen LogP contribution in [0.3, 0.4) is 0 Å². The minimum atomic E-state index is -0.0411. The van der Waals surface area contributed by atoms with Gasteiger partial charge in [0.05, 0.1) is 6.10 Å². The van der Waals surface area contributed by atoms with Crippen molar-refractivity contribution < 1.29 is 5.11 Å². The normalized spacial score (nSPS) is 42.9. The van der Waals surface area contributed by atoms with Gasteiger partial charge in [-0.2, -0.15) is 0 Å². The van der Waals surface area contributed by atoms with Crippen molar-refractivity contribution in [2.45, 2.75) is 70.8 Å². The molecular formula is C19H35NO. The Balaban J connectivity index is 1.45. The Morgan fingerprint density at radius 2 is 1.76 bits per heavy atom. The van der Waals surface area contributed by atoms with E-state index in [-0.39, 0.29) is 6.10 Å². The molecule has 3 saturated carbocycles. The van der Waals surface area contributed by atoms with Gasteiger partial charge in [-0.15, -0.1) is 0 Å². The molecule has 6 unspecified atom stereocenters. The van der Waals surface area contributed by atoms with Gasteiger partial charge < -0.3 is 10.0 Å². The average molecular weight is 293 g/mol. The van der Waals surface area contributed by atoms with E-state index in [0.717, 1.165) is 36.6 Å². The summed E-state index contributed by atoms with van der Waals surface area (Å²) in [7, 11) is 2.29. The third-order valence-corrected chi connectivity index (χ3v) is 6.72. The van der Waals surface area contributed by atoms with Crippen LogP contribution < -0.4 is 0 Å². The average Bonchev–Trinajstić information content (AvgIpc) is 3.05. The van der Waals surface area contributed by atoms with Gasteiger partial charge in [-0.1, -0.05) is 26.2 Å². The van der Waals surface area contributed by atoms with Crippen LogP contribution in [0.1, 0.15) is 64.7 Å². The molecule has 0 amide bonds. The molecule has 0 saturated heterocycles. The van der Waals surface area contributed by atoms with Crippen LogP contribution in [0.2, 0.25) is 0 Å². The molecule has 2 nitrogen and oxygen atoms in total. The Morgan fingerprint density at radius 1 is 0.952 bits per heavy atom. The molecule has 0 heterocycles. The fraction of sp³-hybridized carbons (Fsp3) is 1.00. The summed E-state index contributed by atoms with van der Waals surface area (Å²) >= 11 is 0. The van der Waals surface area contributed by atoms with Crippen LogP contribution in [0.15, 0.2) is 0 Å². The van der Waals surface area contributed by atoms with Crippen molar-refractivity contribution in [1.29, 1.82) is 0 Å². The molecule has 3 rings (SSSR count). The predicted octanol–water partition coefficient (Wildman–Crippen LogP) is 3.93. The van der Waals surface area contributed by atoms with Gasteiger partial charge in [0.2, 0.25) is 0 Å². The van der Waals surface area contributed by atoms with E-state index in [4.69, 9.17) is 0 Å². The smallest absolute Gasteiger partial charge is 0.0580 e. The molecule has 3 aliphatic carbocycles. The number of rotatable bonds is 6. The molecular weight excluding hydrogens is 258 g/mol. The Hall–Kier alpha value is -0.0800. The lowest BCUT2D eigenvalue weighted by atomic mass is 9.77. The number of hydrogen-bond donors (Lipinski definition) is 1. The number of nitrogens with zero attached hydrogens (tertiary/aromatic N) is 1.